The Labute approximate surface area is 81.4 Å². The average Bonchev–Trinajstić information content (AvgIpc) is 2.14. The van der Waals surface area contributed by atoms with Crippen LogP contribution in [0.4, 0.5) is 5.82 Å². The van der Waals surface area contributed by atoms with Crippen LogP contribution in [0, 0.1) is 23.7 Å². The van der Waals surface area contributed by atoms with Gasteiger partial charge in [-0.1, -0.05) is 17.5 Å². The molecule has 0 unspecified atom stereocenters. The van der Waals surface area contributed by atoms with Gasteiger partial charge in [0.25, 0.3) is 0 Å². The first-order valence-corrected chi connectivity index (χ1v) is 3.89. The summed E-state index contributed by atoms with van der Waals surface area (Å²) in [6.07, 6.45) is 5.05. The molecule has 0 saturated carbocycles. The second-order valence-corrected chi connectivity index (χ2v) is 2.62. The van der Waals surface area contributed by atoms with Crippen molar-refractivity contribution in [2.24, 2.45) is 0 Å². The molecule has 1 rings (SSSR count). The number of anilines is 1. The van der Waals surface area contributed by atoms with Crippen molar-refractivity contribution >= 4 is 17.4 Å². The predicted molar refractivity (Wildman–Crippen MR) is 51.3 cm³/mol. The number of hydrogen-bond acceptors (Lipinski definition) is 3. The Morgan fingerprint density at radius 1 is 1.62 bits per heavy atom. The summed E-state index contributed by atoms with van der Waals surface area (Å²) in [6, 6.07) is 5.04. The summed E-state index contributed by atoms with van der Waals surface area (Å²) in [6.45, 7) is 0.359. The number of hydrogen-bond donors (Lipinski definition) is 1. The Morgan fingerprint density at radius 3 is 3.00 bits per heavy atom. The zero-order valence-corrected chi connectivity index (χ0v) is 7.47. The van der Waals surface area contributed by atoms with E-state index in [1.807, 2.05) is 6.07 Å². The van der Waals surface area contributed by atoms with Gasteiger partial charge < -0.3 is 5.32 Å². The summed E-state index contributed by atoms with van der Waals surface area (Å²) in [4.78, 5) is 3.93. The monoisotopic (exact) mass is 191 g/mol. The van der Waals surface area contributed by atoms with Crippen molar-refractivity contribution in [2.75, 3.05) is 11.9 Å². The van der Waals surface area contributed by atoms with E-state index in [4.69, 9.17) is 23.3 Å². The number of rotatable bonds is 2. The summed E-state index contributed by atoms with van der Waals surface area (Å²) in [5.74, 6) is 2.91. The van der Waals surface area contributed by atoms with Crippen LogP contribution < -0.4 is 5.32 Å². The fourth-order valence-electron chi connectivity index (χ4n) is 0.794. The highest BCUT2D eigenvalue weighted by Gasteiger charge is 1.98. The average molecular weight is 192 g/mol. The highest BCUT2D eigenvalue weighted by atomic mass is 35.5. The minimum absolute atomic E-state index is 0.276. The molecule has 0 aliphatic carbocycles. The lowest BCUT2D eigenvalue weighted by Crippen LogP contribution is -2.00. The van der Waals surface area contributed by atoms with E-state index in [-0.39, 0.29) is 5.15 Å². The molecule has 4 heteroatoms. The van der Waals surface area contributed by atoms with Crippen molar-refractivity contribution in [2.45, 2.75) is 0 Å². The van der Waals surface area contributed by atoms with Crippen LogP contribution in [-0.4, -0.2) is 11.5 Å². The van der Waals surface area contributed by atoms with Crippen LogP contribution in [0.5, 0.6) is 0 Å². The first-order chi connectivity index (χ1) is 6.26. The van der Waals surface area contributed by atoms with Crippen molar-refractivity contribution in [3.8, 4) is 18.4 Å². The number of nitrogens with one attached hydrogen (secondary N) is 1. The standard InChI is InChI=1S/C9H6ClN3/c1-2-3-12-9-5-7(6-11)4-8(10)13-9/h1,4-5H,3H2,(H,12,13). The van der Waals surface area contributed by atoms with E-state index < -0.39 is 0 Å². The van der Waals surface area contributed by atoms with E-state index in [0.717, 1.165) is 0 Å². The molecule has 13 heavy (non-hydrogen) atoms. The molecule has 0 aliphatic heterocycles. The Kier molecular flexibility index (Phi) is 3.14. The smallest absolute Gasteiger partial charge is 0.132 e. The highest BCUT2D eigenvalue weighted by Crippen LogP contribution is 2.13. The molecular formula is C9H6ClN3. The van der Waals surface area contributed by atoms with Gasteiger partial charge in [-0.05, 0) is 12.1 Å². The molecule has 0 aromatic carbocycles. The quantitative estimate of drug-likeness (QED) is 0.571. The summed E-state index contributed by atoms with van der Waals surface area (Å²) in [5.41, 5.74) is 0.458. The number of nitrogens with zero attached hydrogens (tertiary/aromatic N) is 2. The molecule has 0 radical (unpaired) electrons. The summed E-state index contributed by atoms with van der Waals surface area (Å²) in [7, 11) is 0. The van der Waals surface area contributed by atoms with Crippen LogP contribution in [0.25, 0.3) is 0 Å². The van der Waals surface area contributed by atoms with Gasteiger partial charge in [-0.15, -0.1) is 6.42 Å². The van der Waals surface area contributed by atoms with Crippen molar-refractivity contribution in [1.82, 2.24) is 4.98 Å². The van der Waals surface area contributed by atoms with Gasteiger partial charge in [0, 0.05) is 0 Å². The molecule has 0 amide bonds. The Hall–Kier alpha value is -1.71. The van der Waals surface area contributed by atoms with Crippen molar-refractivity contribution in [1.29, 1.82) is 5.26 Å². The molecule has 0 fully saturated rings. The molecule has 64 valence electrons. The number of pyridine rings is 1. The van der Waals surface area contributed by atoms with Crippen LogP contribution in [0.2, 0.25) is 5.15 Å². The fraction of sp³-hybridized carbons (Fsp3) is 0.111. The van der Waals surface area contributed by atoms with Crippen LogP contribution >= 0.6 is 11.6 Å². The van der Waals surface area contributed by atoms with Gasteiger partial charge in [0.05, 0.1) is 18.2 Å². The maximum Gasteiger partial charge on any atom is 0.132 e. The van der Waals surface area contributed by atoms with E-state index in [1.165, 1.54) is 6.07 Å². The first kappa shape index (κ1) is 9.38. The minimum atomic E-state index is 0.276. The molecule has 0 atom stereocenters. The van der Waals surface area contributed by atoms with E-state index in [9.17, 15) is 0 Å². The van der Waals surface area contributed by atoms with Gasteiger partial charge in [0.15, 0.2) is 0 Å². The maximum atomic E-state index is 8.61. The minimum Gasteiger partial charge on any atom is -0.359 e. The summed E-state index contributed by atoms with van der Waals surface area (Å²) in [5, 5.41) is 11.7. The van der Waals surface area contributed by atoms with Gasteiger partial charge >= 0.3 is 0 Å². The maximum absolute atomic E-state index is 8.61. The first-order valence-electron chi connectivity index (χ1n) is 3.51. The van der Waals surface area contributed by atoms with Crippen LogP contribution in [0.3, 0.4) is 0 Å². The third-order valence-electron chi connectivity index (χ3n) is 1.29. The van der Waals surface area contributed by atoms with Crippen LogP contribution in [0.1, 0.15) is 5.56 Å². The number of aromatic nitrogens is 1. The van der Waals surface area contributed by atoms with E-state index in [2.05, 4.69) is 16.2 Å². The Bertz CT molecular complexity index is 387. The van der Waals surface area contributed by atoms with E-state index in [1.54, 1.807) is 6.07 Å². The second-order valence-electron chi connectivity index (χ2n) is 2.23. The topological polar surface area (TPSA) is 48.7 Å². The molecular weight excluding hydrogens is 186 g/mol. The number of terminal acetylenes is 1. The van der Waals surface area contributed by atoms with Gasteiger partial charge in [0.1, 0.15) is 11.0 Å². The fourth-order valence-corrected chi connectivity index (χ4v) is 1.00. The lowest BCUT2D eigenvalue weighted by atomic mass is 10.3. The van der Waals surface area contributed by atoms with Gasteiger partial charge in [0.2, 0.25) is 0 Å². The lowest BCUT2D eigenvalue weighted by Gasteiger charge is -2.01. The van der Waals surface area contributed by atoms with Gasteiger partial charge in [-0.2, -0.15) is 5.26 Å². The Balaban J connectivity index is 2.91. The van der Waals surface area contributed by atoms with Crippen LogP contribution in [-0.2, 0) is 0 Å². The largest absolute Gasteiger partial charge is 0.359 e. The van der Waals surface area contributed by atoms with Crippen LogP contribution in [0.15, 0.2) is 12.1 Å². The normalized spacial score (nSPS) is 8.54. The zero-order chi connectivity index (χ0) is 9.68. The molecule has 3 nitrogen and oxygen atoms in total. The van der Waals surface area contributed by atoms with Crippen molar-refractivity contribution in [3.05, 3.63) is 22.8 Å². The second kappa shape index (κ2) is 4.35. The predicted octanol–water partition coefficient (Wildman–Crippen LogP) is 1.65. The van der Waals surface area contributed by atoms with E-state index >= 15 is 0 Å². The third kappa shape index (κ3) is 2.66. The molecule has 1 heterocycles. The molecule has 0 bridgehead atoms. The molecule has 1 N–H and O–H groups in total. The number of halogens is 1. The molecule has 1 aromatic rings. The lowest BCUT2D eigenvalue weighted by molar-refractivity contribution is 1.24. The van der Waals surface area contributed by atoms with Gasteiger partial charge in [-0.3, -0.25) is 0 Å². The Morgan fingerprint density at radius 2 is 2.38 bits per heavy atom. The van der Waals surface area contributed by atoms with Gasteiger partial charge in [-0.25, -0.2) is 4.98 Å². The molecule has 0 saturated heterocycles. The van der Waals surface area contributed by atoms with Crippen molar-refractivity contribution in [3.63, 3.8) is 0 Å². The SMILES string of the molecule is C#CCNc1cc(C#N)cc(Cl)n1. The number of nitriles is 1. The molecule has 1 aromatic heterocycles. The van der Waals surface area contributed by atoms with E-state index in [0.29, 0.717) is 17.9 Å². The highest BCUT2D eigenvalue weighted by molar-refractivity contribution is 6.29. The van der Waals surface area contributed by atoms with Crippen molar-refractivity contribution < 1.29 is 0 Å². The molecule has 0 spiro atoms. The zero-order valence-electron chi connectivity index (χ0n) is 6.71. The summed E-state index contributed by atoms with van der Waals surface area (Å²) >= 11 is 5.65. The third-order valence-corrected chi connectivity index (χ3v) is 1.49. The summed E-state index contributed by atoms with van der Waals surface area (Å²) < 4.78 is 0. The molecule has 0 aliphatic rings.